The Morgan fingerprint density at radius 2 is 1.62 bits per heavy atom. The number of benzene rings is 1. The standard InChI is InChI=1S/C22H28N4O4S2/c1-17(24-12-14-25(15-13-24)22(28)20-5-4-16-31-20)21(27)23-18-6-8-19(9-7-18)32(29,30)26-10-2-3-11-26/h4-9,16-17H,2-3,10-15H2,1H3,(H,23,27)/t17-/m0/s1. The molecule has 2 aromatic rings. The number of hydrogen-bond acceptors (Lipinski definition) is 6. The maximum atomic E-state index is 12.7. The molecule has 1 N–H and O–H groups in total. The molecular formula is C22H28N4O4S2. The lowest BCUT2D eigenvalue weighted by molar-refractivity contribution is -0.121. The molecule has 0 unspecified atom stereocenters. The number of sulfonamides is 1. The zero-order chi connectivity index (χ0) is 22.7. The summed E-state index contributed by atoms with van der Waals surface area (Å²) < 4.78 is 26.8. The second-order valence-electron chi connectivity index (χ2n) is 8.11. The van der Waals surface area contributed by atoms with Crippen LogP contribution in [0.15, 0.2) is 46.7 Å². The second-order valence-corrected chi connectivity index (χ2v) is 11.0. The van der Waals surface area contributed by atoms with Gasteiger partial charge in [-0.25, -0.2) is 8.42 Å². The molecule has 3 heterocycles. The lowest BCUT2D eigenvalue weighted by atomic mass is 10.2. The Labute approximate surface area is 192 Å². The molecule has 1 atom stereocenters. The van der Waals surface area contributed by atoms with Crippen molar-refractivity contribution in [3.8, 4) is 0 Å². The predicted molar refractivity (Wildman–Crippen MR) is 124 cm³/mol. The lowest BCUT2D eigenvalue weighted by Gasteiger charge is -2.37. The van der Waals surface area contributed by atoms with Crippen molar-refractivity contribution in [1.82, 2.24) is 14.1 Å². The number of hydrogen-bond donors (Lipinski definition) is 1. The summed E-state index contributed by atoms with van der Waals surface area (Å²) in [7, 11) is -3.47. The van der Waals surface area contributed by atoms with Crippen molar-refractivity contribution in [2.75, 3.05) is 44.6 Å². The largest absolute Gasteiger partial charge is 0.335 e. The Hall–Kier alpha value is -2.27. The molecular weight excluding hydrogens is 448 g/mol. The van der Waals surface area contributed by atoms with Gasteiger partial charge in [-0.1, -0.05) is 6.07 Å². The van der Waals surface area contributed by atoms with Gasteiger partial charge in [0.05, 0.1) is 15.8 Å². The number of amides is 2. The van der Waals surface area contributed by atoms with Crippen LogP contribution in [0.25, 0.3) is 0 Å². The number of thiophene rings is 1. The summed E-state index contributed by atoms with van der Waals surface area (Å²) in [6.07, 6.45) is 1.78. The highest BCUT2D eigenvalue weighted by molar-refractivity contribution is 7.89. The molecule has 0 radical (unpaired) electrons. The van der Waals surface area contributed by atoms with Gasteiger partial charge in [-0.2, -0.15) is 4.31 Å². The van der Waals surface area contributed by atoms with E-state index in [2.05, 4.69) is 10.2 Å². The number of piperazine rings is 1. The predicted octanol–water partition coefficient (Wildman–Crippen LogP) is 2.32. The Kier molecular flexibility index (Phi) is 6.94. The van der Waals surface area contributed by atoms with Crippen LogP contribution in [0.3, 0.4) is 0 Å². The first kappa shape index (κ1) is 22.9. The van der Waals surface area contributed by atoms with Crippen LogP contribution in [0.1, 0.15) is 29.4 Å². The van der Waals surface area contributed by atoms with E-state index in [0.717, 1.165) is 17.7 Å². The van der Waals surface area contributed by atoms with Crippen molar-refractivity contribution in [2.45, 2.75) is 30.7 Å². The van der Waals surface area contributed by atoms with Gasteiger partial charge in [-0.15, -0.1) is 11.3 Å². The molecule has 2 saturated heterocycles. The fourth-order valence-electron chi connectivity index (χ4n) is 4.07. The van der Waals surface area contributed by atoms with E-state index in [1.807, 2.05) is 29.3 Å². The average molecular weight is 477 g/mol. The van der Waals surface area contributed by atoms with Crippen molar-refractivity contribution in [3.63, 3.8) is 0 Å². The molecule has 10 heteroatoms. The van der Waals surface area contributed by atoms with Gasteiger partial charge in [0.25, 0.3) is 5.91 Å². The zero-order valence-corrected chi connectivity index (χ0v) is 19.7. The van der Waals surface area contributed by atoms with Crippen LogP contribution in [0.2, 0.25) is 0 Å². The van der Waals surface area contributed by atoms with E-state index in [1.165, 1.54) is 15.6 Å². The van der Waals surface area contributed by atoms with E-state index < -0.39 is 10.0 Å². The number of carbonyl (C=O) groups is 2. The van der Waals surface area contributed by atoms with Gasteiger partial charge < -0.3 is 10.2 Å². The molecule has 0 spiro atoms. The molecule has 1 aromatic heterocycles. The average Bonchev–Trinajstić information content (AvgIpc) is 3.53. The lowest BCUT2D eigenvalue weighted by Crippen LogP contribution is -2.53. The van der Waals surface area contributed by atoms with Crippen molar-refractivity contribution in [2.24, 2.45) is 0 Å². The van der Waals surface area contributed by atoms with Crippen LogP contribution in [0.5, 0.6) is 0 Å². The fourth-order valence-corrected chi connectivity index (χ4v) is 6.28. The van der Waals surface area contributed by atoms with Crippen molar-refractivity contribution >= 4 is 38.9 Å². The molecule has 2 fully saturated rings. The number of anilines is 1. The molecule has 0 aliphatic carbocycles. The first-order valence-corrected chi connectivity index (χ1v) is 13.2. The Morgan fingerprint density at radius 3 is 2.22 bits per heavy atom. The normalized spacial score (nSPS) is 19.1. The van der Waals surface area contributed by atoms with Crippen LogP contribution < -0.4 is 5.32 Å². The number of nitrogens with zero attached hydrogens (tertiary/aromatic N) is 3. The maximum absolute atomic E-state index is 12.7. The van der Waals surface area contributed by atoms with Crippen molar-refractivity contribution in [1.29, 1.82) is 0 Å². The van der Waals surface area contributed by atoms with Crippen LogP contribution >= 0.6 is 11.3 Å². The van der Waals surface area contributed by atoms with Gasteiger partial charge in [0.2, 0.25) is 15.9 Å². The summed E-state index contributed by atoms with van der Waals surface area (Å²) in [5.74, 6) is -0.112. The van der Waals surface area contributed by atoms with Gasteiger partial charge in [0.15, 0.2) is 0 Å². The van der Waals surface area contributed by atoms with Crippen LogP contribution in [-0.2, 0) is 14.8 Å². The summed E-state index contributed by atoms with van der Waals surface area (Å²) in [4.78, 5) is 30.1. The molecule has 172 valence electrons. The molecule has 0 saturated carbocycles. The second kappa shape index (κ2) is 9.70. The quantitative estimate of drug-likeness (QED) is 0.691. The van der Waals surface area contributed by atoms with Crippen LogP contribution in [-0.4, -0.2) is 79.6 Å². The van der Waals surface area contributed by atoms with Crippen LogP contribution in [0.4, 0.5) is 5.69 Å². The molecule has 2 aliphatic heterocycles. The Bertz CT molecular complexity index is 1040. The van der Waals surface area contributed by atoms with E-state index in [1.54, 1.807) is 24.3 Å². The Morgan fingerprint density at radius 1 is 0.969 bits per heavy atom. The summed E-state index contributed by atoms with van der Waals surface area (Å²) in [6.45, 7) is 5.37. The highest BCUT2D eigenvalue weighted by Crippen LogP contribution is 2.22. The monoisotopic (exact) mass is 476 g/mol. The molecule has 2 amide bonds. The van der Waals surface area contributed by atoms with E-state index in [9.17, 15) is 18.0 Å². The topological polar surface area (TPSA) is 90.0 Å². The van der Waals surface area contributed by atoms with Gasteiger partial charge >= 0.3 is 0 Å². The van der Waals surface area contributed by atoms with E-state index in [0.29, 0.717) is 45.0 Å². The van der Waals surface area contributed by atoms with E-state index in [-0.39, 0.29) is 22.8 Å². The van der Waals surface area contributed by atoms with Crippen LogP contribution in [0, 0.1) is 0 Å². The van der Waals surface area contributed by atoms with Crippen molar-refractivity contribution < 1.29 is 18.0 Å². The smallest absolute Gasteiger partial charge is 0.264 e. The molecule has 4 rings (SSSR count). The minimum atomic E-state index is -3.47. The van der Waals surface area contributed by atoms with Crippen molar-refractivity contribution in [3.05, 3.63) is 46.7 Å². The first-order chi connectivity index (χ1) is 15.4. The third kappa shape index (κ3) is 4.88. The van der Waals surface area contributed by atoms with Gasteiger partial charge in [0, 0.05) is 45.0 Å². The minimum Gasteiger partial charge on any atom is -0.335 e. The van der Waals surface area contributed by atoms with Gasteiger partial charge in [-0.3, -0.25) is 14.5 Å². The summed E-state index contributed by atoms with van der Waals surface area (Å²) in [5, 5.41) is 4.77. The van der Waals surface area contributed by atoms with E-state index in [4.69, 9.17) is 0 Å². The minimum absolute atomic E-state index is 0.0423. The summed E-state index contributed by atoms with van der Waals surface area (Å²) in [6, 6.07) is 9.69. The molecule has 0 bridgehead atoms. The first-order valence-electron chi connectivity index (χ1n) is 10.8. The SMILES string of the molecule is C[C@@H](C(=O)Nc1ccc(S(=O)(=O)N2CCCC2)cc1)N1CCN(C(=O)c2cccs2)CC1. The maximum Gasteiger partial charge on any atom is 0.264 e. The van der Waals surface area contributed by atoms with Gasteiger partial charge in [0.1, 0.15) is 0 Å². The number of rotatable bonds is 6. The molecule has 8 nitrogen and oxygen atoms in total. The summed E-state index contributed by atoms with van der Waals surface area (Å²) >= 11 is 1.44. The third-order valence-corrected chi connectivity index (χ3v) is 8.86. The summed E-state index contributed by atoms with van der Waals surface area (Å²) in [5.41, 5.74) is 0.564. The van der Waals surface area contributed by atoms with E-state index >= 15 is 0 Å². The Balaban J connectivity index is 1.30. The number of nitrogens with one attached hydrogen (secondary N) is 1. The molecule has 2 aliphatic rings. The highest BCUT2D eigenvalue weighted by atomic mass is 32.2. The number of carbonyl (C=O) groups excluding carboxylic acids is 2. The van der Waals surface area contributed by atoms with Gasteiger partial charge in [-0.05, 0) is 55.5 Å². The third-order valence-electron chi connectivity index (χ3n) is 6.09. The zero-order valence-electron chi connectivity index (χ0n) is 18.1. The molecule has 32 heavy (non-hydrogen) atoms. The fraction of sp³-hybridized carbons (Fsp3) is 0.455. The highest BCUT2D eigenvalue weighted by Gasteiger charge is 2.29. The molecule has 1 aromatic carbocycles.